The molecule has 1 unspecified atom stereocenters. The molecule has 0 fully saturated rings. The molecule has 0 bridgehead atoms. The van der Waals surface area contributed by atoms with Gasteiger partial charge in [-0.25, -0.2) is 0 Å². The van der Waals surface area contributed by atoms with Gasteiger partial charge >= 0.3 is 0 Å². The highest BCUT2D eigenvalue weighted by molar-refractivity contribution is 5.36. The maximum Gasteiger partial charge on any atom is 0.0574 e. The molecule has 21 heavy (non-hydrogen) atoms. The number of hydrogen-bond acceptors (Lipinski definition) is 1. The van der Waals surface area contributed by atoms with Gasteiger partial charge in [-0.05, 0) is 41.1 Å². The molecule has 1 atom stereocenters. The zero-order valence-corrected chi connectivity index (χ0v) is 13.9. The molecule has 0 amide bonds. The standard InChI is InChI=1S/C20H27N/c1-6-15-7-9-16(10-8-15)19(21-5)17-11-13-18(14-12-17)20(2,3)4/h7-14,19,21H,6H2,1-5H3. The minimum Gasteiger partial charge on any atom is -0.309 e. The van der Waals surface area contributed by atoms with Crippen LogP contribution >= 0.6 is 0 Å². The van der Waals surface area contributed by atoms with Crippen molar-refractivity contribution in [1.82, 2.24) is 5.32 Å². The summed E-state index contributed by atoms with van der Waals surface area (Å²) >= 11 is 0. The summed E-state index contributed by atoms with van der Waals surface area (Å²) in [6.45, 7) is 8.94. The third kappa shape index (κ3) is 3.74. The van der Waals surface area contributed by atoms with E-state index in [-0.39, 0.29) is 11.5 Å². The van der Waals surface area contributed by atoms with E-state index >= 15 is 0 Å². The fraction of sp³-hybridized carbons (Fsp3) is 0.400. The summed E-state index contributed by atoms with van der Waals surface area (Å²) in [5.74, 6) is 0. The van der Waals surface area contributed by atoms with Crippen LogP contribution in [0.25, 0.3) is 0 Å². The van der Waals surface area contributed by atoms with Gasteiger partial charge in [0.1, 0.15) is 0 Å². The molecule has 0 aliphatic carbocycles. The molecule has 0 aliphatic rings. The highest BCUT2D eigenvalue weighted by Gasteiger charge is 2.16. The van der Waals surface area contributed by atoms with Crippen LogP contribution in [0.5, 0.6) is 0 Å². The van der Waals surface area contributed by atoms with Gasteiger partial charge in [0.25, 0.3) is 0 Å². The first-order valence-electron chi connectivity index (χ1n) is 7.82. The molecule has 0 radical (unpaired) electrons. The van der Waals surface area contributed by atoms with Gasteiger partial charge in [-0.3, -0.25) is 0 Å². The van der Waals surface area contributed by atoms with Gasteiger partial charge in [0, 0.05) is 0 Å². The zero-order valence-electron chi connectivity index (χ0n) is 13.9. The Balaban J connectivity index is 2.28. The molecule has 0 aromatic heterocycles. The van der Waals surface area contributed by atoms with Crippen LogP contribution in [0.15, 0.2) is 48.5 Å². The number of hydrogen-bond donors (Lipinski definition) is 1. The van der Waals surface area contributed by atoms with Crippen molar-refractivity contribution in [2.24, 2.45) is 0 Å². The van der Waals surface area contributed by atoms with Crippen molar-refractivity contribution < 1.29 is 0 Å². The molecule has 0 spiro atoms. The minimum absolute atomic E-state index is 0.205. The molecular weight excluding hydrogens is 254 g/mol. The van der Waals surface area contributed by atoms with E-state index in [9.17, 15) is 0 Å². The van der Waals surface area contributed by atoms with Crippen molar-refractivity contribution in [3.63, 3.8) is 0 Å². The summed E-state index contributed by atoms with van der Waals surface area (Å²) in [6.07, 6.45) is 1.09. The molecule has 2 rings (SSSR count). The quantitative estimate of drug-likeness (QED) is 0.844. The highest BCUT2D eigenvalue weighted by atomic mass is 14.9. The molecule has 112 valence electrons. The molecule has 0 saturated carbocycles. The molecular formula is C20H27N. The van der Waals surface area contributed by atoms with E-state index in [0.29, 0.717) is 0 Å². The molecule has 2 aromatic rings. The van der Waals surface area contributed by atoms with Crippen LogP contribution in [0.2, 0.25) is 0 Å². The molecule has 1 nitrogen and oxygen atoms in total. The summed E-state index contributed by atoms with van der Waals surface area (Å²) in [5.41, 5.74) is 5.60. The van der Waals surface area contributed by atoms with Gasteiger partial charge in [-0.15, -0.1) is 0 Å². The van der Waals surface area contributed by atoms with Crippen molar-refractivity contribution in [2.75, 3.05) is 7.05 Å². The Morgan fingerprint density at radius 2 is 1.33 bits per heavy atom. The SMILES string of the molecule is CCc1ccc(C(NC)c2ccc(C(C)(C)C)cc2)cc1. The summed E-state index contributed by atoms with van der Waals surface area (Å²) < 4.78 is 0. The van der Waals surface area contributed by atoms with E-state index in [0.717, 1.165) is 6.42 Å². The molecule has 0 aliphatic heterocycles. The average molecular weight is 281 g/mol. The van der Waals surface area contributed by atoms with E-state index < -0.39 is 0 Å². The average Bonchev–Trinajstić information content (AvgIpc) is 2.48. The molecule has 1 N–H and O–H groups in total. The van der Waals surface area contributed by atoms with Gasteiger partial charge in [0.15, 0.2) is 0 Å². The number of benzene rings is 2. The van der Waals surface area contributed by atoms with Crippen LogP contribution in [-0.2, 0) is 11.8 Å². The lowest BCUT2D eigenvalue weighted by atomic mass is 9.85. The van der Waals surface area contributed by atoms with Crippen molar-refractivity contribution in [3.8, 4) is 0 Å². The van der Waals surface area contributed by atoms with Crippen LogP contribution in [0, 0.1) is 0 Å². The maximum absolute atomic E-state index is 3.43. The summed E-state index contributed by atoms with van der Waals surface area (Å²) in [6, 6.07) is 18.2. The van der Waals surface area contributed by atoms with Crippen molar-refractivity contribution in [2.45, 2.75) is 45.6 Å². The Bertz CT molecular complexity index is 558. The van der Waals surface area contributed by atoms with E-state index in [1.165, 1.54) is 22.3 Å². The largest absolute Gasteiger partial charge is 0.309 e. The lowest BCUT2D eigenvalue weighted by Crippen LogP contribution is -2.18. The van der Waals surface area contributed by atoms with Gasteiger partial charge in [0.05, 0.1) is 6.04 Å². The minimum atomic E-state index is 0.205. The van der Waals surface area contributed by atoms with Gasteiger partial charge < -0.3 is 5.32 Å². The third-order valence-corrected chi connectivity index (χ3v) is 4.12. The lowest BCUT2D eigenvalue weighted by molar-refractivity contribution is 0.589. The van der Waals surface area contributed by atoms with Crippen molar-refractivity contribution in [3.05, 3.63) is 70.8 Å². The third-order valence-electron chi connectivity index (χ3n) is 4.12. The van der Waals surface area contributed by atoms with Crippen molar-refractivity contribution in [1.29, 1.82) is 0 Å². The van der Waals surface area contributed by atoms with Gasteiger partial charge in [-0.2, -0.15) is 0 Å². The Hall–Kier alpha value is -1.60. The van der Waals surface area contributed by atoms with Crippen LogP contribution in [0.3, 0.4) is 0 Å². The lowest BCUT2D eigenvalue weighted by Gasteiger charge is -2.22. The first-order valence-corrected chi connectivity index (χ1v) is 7.82. The van der Waals surface area contributed by atoms with Crippen LogP contribution in [-0.4, -0.2) is 7.05 Å². The van der Waals surface area contributed by atoms with E-state index in [1.54, 1.807) is 0 Å². The normalized spacial score (nSPS) is 13.2. The monoisotopic (exact) mass is 281 g/mol. The Kier molecular flexibility index (Phi) is 4.84. The van der Waals surface area contributed by atoms with Crippen LogP contribution in [0.1, 0.15) is 56.0 Å². The second kappa shape index (κ2) is 6.44. The fourth-order valence-corrected chi connectivity index (χ4v) is 2.65. The first kappa shape index (κ1) is 15.8. The maximum atomic E-state index is 3.43. The Morgan fingerprint density at radius 1 is 0.857 bits per heavy atom. The highest BCUT2D eigenvalue weighted by Crippen LogP contribution is 2.26. The number of aryl methyl sites for hydroxylation is 1. The Morgan fingerprint density at radius 3 is 1.71 bits per heavy atom. The molecule has 0 saturated heterocycles. The van der Waals surface area contributed by atoms with Crippen LogP contribution < -0.4 is 5.32 Å². The predicted octanol–water partition coefficient (Wildman–Crippen LogP) is 4.86. The van der Waals surface area contributed by atoms with E-state index in [1.807, 2.05) is 7.05 Å². The van der Waals surface area contributed by atoms with E-state index in [4.69, 9.17) is 0 Å². The molecule has 1 heteroatoms. The smallest absolute Gasteiger partial charge is 0.0574 e. The van der Waals surface area contributed by atoms with Crippen molar-refractivity contribution >= 4 is 0 Å². The predicted molar refractivity (Wildman–Crippen MR) is 91.9 cm³/mol. The first-order chi connectivity index (χ1) is 9.95. The van der Waals surface area contributed by atoms with E-state index in [2.05, 4.69) is 81.5 Å². The number of rotatable bonds is 4. The molecule has 2 aromatic carbocycles. The van der Waals surface area contributed by atoms with Crippen LogP contribution in [0.4, 0.5) is 0 Å². The topological polar surface area (TPSA) is 12.0 Å². The molecule has 0 heterocycles. The Labute approximate surface area is 129 Å². The second-order valence-corrected chi connectivity index (χ2v) is 6.69. The zero-order chi connectivity index (χ0) is 15.5. The summed E-state index contributed by atoms with van der Waals surface area (Å²) in [7, 11) is 2.02. The summed E-state index contributed by atoms with van der Waals surface area (Å²) in [5, 5.41) is 3.43. The second-order valence-electron chi connectivity index (χ2n) is 6.69. The fourth-order valence-electron chi connectivity index (χ4n) is 2.65. The summed E-state index contributed by atoms with van der Waals surface area (Å²) in [4.78, 5) is 0. The van der Waals surface area contributed by atoms with Gasteiger partial charge in [0.2, 0.25) is 0 Å². The number of nitrogens with one attached hydrogen (secondary N) is 1. The van der Waals surface area contributed by atoms with Gasteiger partial charge in [-0.1, -0.05) is 76.2 Å².